The predicted octanol–water partition coefficient (Wildman–Crippen LogP) is 3.96. The molecule has 0 saturated heterocycles. The molecule has 0 spiro atoms. The number of ether oxygens (including phenoxy) is 2. The van der Waals surface area contributed by atoms with E-state index < -0.39 is 16.8 Å². The zero-order valence-corrected chi connectivity index (χ0v) is 18.8. The van der Waals surface area contributed by atoms with Gasteiger partial charge in [-0.1, -0.05) is 0 Å². The molecule has 0 unspecified atom stereocenters. The van der Waals surface area contributed by atoms with Crippen molar-refractivity contribution in [2.45, 2.75) is 27.3 Å². The number of thiophene rings is 1. The summed E-state index contributed by atoms with van der Waals surface area (Å²) in [6.07, 6.45) is 0. The number of anilines is 1. The summed E-state index contributed by atoms with van der Waals surface area (Å²) < 4.78 is 11.6. The lowest BCUT2D eigenvalue weighted by atomic mass is 10.2. The van der Waals surface area contributed by atoms with Gasteiger partial charge in [-0.15, -0.1) is 11.3 Å². The lowest BCUT2D eigenvalue weighted by Gasteiger charge is -2.07. The van der Waals surface area contributed by atoms with Crippen LogP contribution < -0.4 is 10.1 Å². The average Bonchev–Trinajstić information content (AvgIpc) is 3.28. The Balaban J connectivity index is 1.88. The number of benzene rings is 1. The van der Waals surface area contributed by atoms with Crippen molar-refractivity contribution in [1.82, 2.24) is 9.78 Å². The van der Waals surface area contributed by atoms with E-state index in [9.17, 15) is 19.7 Å². The van der Waals surface area contributed by atoms with Gasteiger partial charge in [0.25, 0.3) is 0 Å². The van der Waals surface area contributed by atoms with Gasteiger partial charge in [0, 0.05) is 4.88 Å². The highest BCUT2D eigenvalue weighted by Gasteiger charge is 2.24. The number of methoxy groups -OCH3 is 1. The summed E-state index contributed by atoms with van der Waals surface area (Å²) in [7, 11) is 1.57. The first-order valence-corrected chi connectivity index (χ1v) is 10.5. The molecule has 1 N–H and O–H groups in total. The molecule has 0 aliphatic heterocycles. The van der Waals surface area contributed by atoms with E-state index in [2.05, 4.69) is 10.4 Å². The summed E-state index contributed by atoms with van der Waals surface area (Å²) in [5, 5.41) is 18.0. The van der Waals surface area contributed by atoms with Crippen molar-refractivity contribution in [1.29, 1.82) is 0 Å². The lowest BCUT2D eigenvalue weighted by Crippen LogP contribution is -2.21. The highest BCUT2D eigenvalue weighted by molar-refractivity contribution is 7.18. The summed E-state index contributed by atoms with van der Waals surface area (Å²) in [4.78, 5) is 36.8. The van der Waals surface area contributed by atoms with Crippen LogP contribution in [-0.2, 0) is 16.1 Å². The average molecular weight is 458 g/mol. The second kappa shape index (κ2) is 9.60. The molecule has 0 aliphatic rings. The Hall–Kier alpha value is -3.73. The number of rotatable bonds is 8. The standard InChI is InChI=1S/C21H22N4O6S/c1-5-31-21(27)20-16(10-17(32-20)14-6-8-15(30-4)9-7-14)22-18(26)11-24-13(3)19(25(28)29)12(2)23-24/h6-10H,5,11H2,1-4H3,(H,22,26). The quantitative estimate of drug-likeness (QED) is 0.308. The molecule has 0 atom stereocenters. The van der Waals surface area contributed by atoms with Crippen molar-refractivity contribution < 1.29 is 24.0 Å². The molecule has 0 saturated carbocycles. The van der Waals surface area contributed by atoms with E-state index >= 15 is 0 Å². The second-order valence-corrected chi connectivity index (χ2v) is 7.84. The number of nitrogens with one attached hydrogen (secondary N) is 1. The number of carbonyl (C=O) groups excluding carboxylic acids is 2. The van der Waals surface area contributed by atoms with Crippen LogP contribution in [-0.4, -0.2) is 40.3 Å². The fourth-order valence-corrected chi connectivity index (χ4v) is 4.17. The van der Waals surface area contributed by atoms with Gasteiger partial charge in [-0.2, -0.15) is 5.10 Å². The molecule has 2 aromatic heterocycles. The van der Waals surface area contributed by atoms with E-state index in [0.717, 1.165) is 10.4 Å². The Kier molecular flexibility index (Phi) is 6.89. The number of nitro groups is 1. The molecule has 0 aliphatic carbocycles. The lowest BCUT2D eigenvalue weighted by molar-refractivity contribution is -0.386. The van der Waals surface area contributed by atoms with E-state index in [4.69, 9.17) is 9.47 Å². The number of carbonyl (C=O) groups is 2. The summed E-state index contributed by atoms with van der Waals surface area (Å²) in [5.41, 5.74) is 1.53. The highest BCUT2D eigenvalue weighted by Crippen LogP contribution is 2.36. The summed E-state index contributed by atoms with van der Waals surface area (Å²) in [6, 6.07) is 8.99. The van der Waals surface area contributed by atoms with Crippen molar-refractivity contribution in [3.05, 3.63) is 56.7 Å². The molecular weight excluding hydrogens is 436 g/mol. The molecule has 11 heteroatoms. The maximum atomic E-state index is 12.7. The third kappa shape index (κ3) is 4.78. The minimum Gasteiger partial charge on any atom is -0.497 e. The first-order valence-electron chi connectivity index (χ1n) is 9.68. The number of hydrogen-bond donors (Lipinski definition) is 1. The van der Waals surface area contributed by atoms with Gasteiger partial charge in [0.2, 0.25) is 5.91 Å². The number of amides is 1. The molecule has 3 aromatic rings. The summed E-state index contributed by atoms with van der Waals surface area (Å²) in [6.45, 7) is 4.69. The Bertz CT molecular complexity index is 1170. The molecule has 0 radical (unpaired) electrons. The number of aryl methyl sites for hydroxylation is 1. The first-order chi connectivity index (χ1) is 15.2. The van der Waals surface area contributed by atoms with E-state index in [1.165, 1.54) is 29.9 Å². The van der Waals surface area contributed by atoms with Crippen LogP contribution in [0.2, 0.25) is 0 Å². The van der Waals surface area contributed by atoms with Gasteiger partial charge in [-0.25, -0.2) is 4.79 Å². The number of esters is 1. The normalized spacial score (nSPS) is 10.6. The third-order valence-corrected chi connectivity index (χ3v) is 5.82. The molecule has 32 heavy (non-hydrogen) atoms. The van der Waals surface area contributed by atoms with Crippen LogP contribution in [0.15, 0.2) is 30.3 Å². The monoisotopic (exact) mass is 458 g/mol. The van der Waals surface area contributed by atoms with Gasteiger partial charge in [0.1, 0.15) is 28.6 Å². The third-order valence-electron chi connectivity index (χ3n) is 4.66. The second-order valence-electron chi connectivity index (χ2n) is 6.78. The van der Waals surface area contributed by atoms with Crippen LogP contribution in [0.3, 0.4) is 0 Å². The molecule has 0 bridgehead atoms. The Morgan fingerprint density at radius 2 is 1.94 bits per heavy atom. The molecule has 3 rings (SSSR count). The van der Waals surface area contributed by atoms with Gasteiger partial charge >= 0.3 is 11.7 Å². The Morgan fingerprint density at radius 1 is 1.25 bits per heavy atom. The SMILES string of the molecule is CCOC(=O)c1sc(-c2ccc(OC)cc2)cc1NC(=O)Cn1nc(C)c([N+](=O)[O-])c1C. The summed E-state index contributed by atoms with van der Waals surface area (Å²) in [5.74, 6) is -0.326. The van der Waals surface area contributed by atoms with Gasteiger partial charge < -0.3 is 14.8 Å². The minimum absolute atomic E-state index is 0.123. The van der Waals surface area contributed by atoms with Crippen molar-refractivity contribution in [2.24, 2.45) is 0 Å². The van der Waals surface area contributed by atoms with E-state index in [1.807, 2.05) is 12.1 Å². The predicted molar refractivity (Wildman–Crippen MR) is 119 cm³/mol. The number of aromatic nitrogens is 2. The number of nitrogens with zero attached hydrogens (tertiary/aromatic N) is 3. The Morgan fingerprint density at radius 3 is 2.50 bits per heavy atom. The van der Waals surface area contributed by atoms with Crippen molar-refractivity contribution in [3.63, 3.8) is 0 Å². The van der Waals surface area contributed by atoms with Crippen LogP contribution in [0.5, 0.6) is 5.75 Å². The number of hydrogen-bond acceptors (Lipinski definition) is 8. The van der Waals surface area contributed by atoms with Crippen molar-refractivity contribution >= 4 is 34.6 Å². The van der Waals surface area contributed by atoms with E-state index in [-0.39, 0.29) is 35.1 Å². The van der Waals surface area contributed by atoms with Crippen LogP contribution in [0.1, 0.15) is 28.0 Å². The minimum atomic E-state index is -0.547. The first kappa shape index (κ1) is 22.9. The molecule has 1 aromatic carbocycles. The summed E-state index contributed by atoms with van der Waals surface area (Å²) >= 11 is 1.19. The van der Waals surface area contributed by atoms with E-state index in [1.54, 1.807) is 32.2 Å². The molecule has 10 nitrogen and oxygen atoms in total. The van der Waals surface area contributed by atoms with Gasteiger partial charge in [0.15, 0.2) is 0 Å². The zero-order chi connectivity index (χ0) is 23.4. The molecular formula is C21H22N4O6S. The molecule has 168 valence electrons. The maximum absolute atomic E-state index is 12.7. The fraction of sp³-hybridized carbons (Fsp3) is 0.286. The highest BCUT2D eigenvalue weighted by atomic mass is 32.1. The van der Waals surface area contributed by atoms with Crippen molar-refractivity contribution in [3.8, 4) is 16.2 Å². The zero-order valence-electron chi connectivity index (χ0n) is 18.0. The van der Waals surface area contributed by atoms with Gasteiger partial charge in [0.05, 0.1) is 24.3 Å². The topological polar surface area (TPSA) is 126 Å². The van der Waals surface area contributed by atoms with Crippen LogP contribution in [0, 0.1) is 24.0 Å². The molecule has 1 amide bonds. The van der Waals surface area contributed by atoms with Gasteiger partial charge in [-0.05, 0) is 56.7 Å². The largest absolute Gasteiger partial charge is 0.497 e. The van der Waals surface area contributed by atoms with E-state index in [0.29, 0.717) is 11.4 Å². The van der Waals surface area contributed by atoms with Crippen LogP contribution >= 0.6 is 11.3 Å². The Labute approximate surface area is 187 Å². The van der Waals surface area contributed by atoms with Gasteiger partial charge in [-0.3, -0.25) is 19.6 Å². The van der Waals surface area contributed by atoms with Crippen LogP contribution in [0.4, 0.5) is 11.4 Å². The molecule has 2 heterocycles. The smallest absolute Gasteiger partial charge is 0.350 e. The maximum Gasteiger partial charge on any atom is 0.350 e. The fourth-order valence-electron chi connectivity index (χ4n) is 3.16. The molecule has 0 fully saturated rings. The van der Waals surface area contributed by atoms with Crippen LogP contribution in [0.25, 0.3) is 10.4 Å². The van der Waals surface area contributed by atoms with Crippen molar-refractivity contribution in [2.75, 3.05) is 19.0 Å².